The van der Waals surface area contributed by atoms with Gasteiger partial charge in [-0.05, 0) is 37.8 Å². The first-order valence-electron chi connectivity index (χ1n) is 7.58. The van der Waals surface area contributed by atoms with E-state index in [1.165, 1.54) is 0 Å². The molecule has 1 aromatic carbocycles. The predicted octanol–water partition coefficient (Wildman–Crippen LogP) is 1.92. The molecular formula is C16H21N3O2S. The lowest BCUT2D eigenvalue weighted by Crippen LogP contribution is -2.41. The summed E-state index contributed by atoms with van der Waals surface area (Å²) < 4.78 is 27.8. The van der Waals surface area contributed by atoms with Crippen molar-refractivity contribution in [3.63, 3.8) is 0 Å². The van der Waals surface area contributed by atoms with Crippen molar-refractivity contribution in [3.05, 3.63) is 36.0 Å². The Morgan fingerprint density at radius 3 is 2.77 bits per heavy atom. The standard InChI is InChI=1S/C16H21N3O2S/c1-12-10-18-16(15-7-4-3-6-14(12)15)22(20,21)19-9-5-8-17-11-13(19)2/h3-4,6-7,10,13,17H,5,8-9,11H2,1-2H3/t13-/m0/s1. The van der Waals surface area contributed by atoms with Crippen LogP contribution in [-0.2, 0) is 10.0 Å². The predicted molar refractivity (Wildman–Crippen MR) is 87.3 cm³/mol. The van der Waals surface area contributed by atoms with Gasteiger partial charge in [-0.2, -0.15) is 4.31 Å². The Bertz CT molecular complexity index is 789. The molecule has 5 nitrogen and oxygen atoms in total. The molecule has 1 aromatic heterocycles. The molecule has 0 aliphatic carbocycles. The number of fused-ring (bicyclic) bond motifs is 1. The van der Waals surface area contributed by atoms with Crippen LogP contribution in [-0.4, -0.2) is 43.4 Å². The minimum absolute atomic E-state index is 0.0747. The molecule has 22 heavy (non-hydrogen) atoms. The fourth-order valence-electron chi connectivity index (χ4n) is 2.97. The molecule has 0 amide bonds. The number of aromatic nitrogens is 1. The summed E-state index contributed by atoms with van der Waals surface area (Å²) in [6, 6.07) is 7.48. The van der Waals surface area contributed by atoms with E-state index in [2.05, 4.69) is 10.3 Å². The van der Waals surface area contributed by atoms with Gasteiger partial charge < -0.3 is 5.32 Å². The summed E-state index contributed by atoms with van der Waals surface area (Å²) in [6.45, 7) is 5.93. The number of nitrogens with zero attached hydrogens (tertiary/aromatic N) is 2. The van der Waals surface area contributed by atoms with Gasteiger partial charge in [0.05, 0.1) is 0 Å². The van der Waals surface area contributed by atoms with E-state index in [1.54, 1.807) is 10.5 Å². The Morgan fingerprint density at radius 2 is 2.00 bits per heavy atom. The van der Waals surface area contributed by atoms with Gasteiger partial charge in [0, 0.05) is 30.7 Å². The third-order valence-corrected chi connectivity index (χ3v) is 6.15. The maximum atomic E-state index is 13.1. The van der Waals surface area contributed by atoms with Crippen molar-refractivity contribution in [1.29, 1.82) is 0 Å². The highest BCUT2D eigenvalue weighted by Crippen LogP contribution is 2.27. The van der Waals surface area contributed by atoms with Crippen LogP contribution in [0.2, 0.25) is 0 Å². The molecular weight excluding hydrogens is 298 g/mol. The highest BCUT2D eigenvalue weighted by molar-refractivity contribution is 7.89. The van der Waals surface area contributed by atoms with Gasteiger partial charge in [-0.1, -0.05) is 24.3 Å². The lowest BCUT2D eigenvalue weighted by molar-refractivity contribution is 0.352. The molecule has 3 rings (SSSR count). The first-order chi connectivity index (χ1) is 10.5. The van der Waals surface area contributed by atoms with E-state index in [9.17, 15) is 8.42 Å². The summed E-state index contributed by atoms with van der Waals surface area (Å²) >= 11 is 0. The van der Waals surface area contributed by atoms with Gasteiger partial charge in [-0.25, -0.2) is 13.4 Å². The zero-order chi connectivity index (χ0) is 15.7. The van der Waals surface area contributed by atoms with Crippen molar-refractivity contribution in [3.8, 4) is 0 Å². The molecule has 118 valence electrons. The second-order valence-electron chi connectivity index (χ2n) is 5.81. The van der Waals surface area contributed by atoms with E-state index in [0.29, 0.717) is 18.5 Å². The van der Waals surface area contributed by atoms with Gasteiger partial charge >= 0.3 is 0 Å². The molecule has 1 N–H and O–H groups in total. The number of hydrogen-bond acceptors (Lipinski definition) is 4. The van der Waals surface area contributed by atoms with Gasteiger partial charge in [0.2, 0.25) is 0 Å². The van der Waals surface area contributed by atoms with Crippen LogP contribution in [0.5, 0.6) is 0 Å². The Kier molecular flexibility index (Phi) is 4.16. The monoisotopic (exact) mass is 319 g/mol. The highest BCUT2D eigenvalue weighted by Gasteiger charge is 2.32. The first kappa shape index (κ1) is 15.4. The second kappa shape index (κ2) is 5.95. The van der Waals surface area contributed by atoms with E-state index >= 15 is 0 Å². The third-order valence-electron chi connectivity index (χ3n) is 4.17. The van der Waals surface area contributed by atoms with Crippen molar-refractivity contribution in [2.75, 3.05) is 19.6 Å². The lowest BCUT2D eigenvalue weighted by atomic mass is 10.1. The van der Waals surface area contributed by atoms with E-state index < -0.39 is 10.0 Å². The molecule has 1 fully saturated rings. The zero-order valence-electron chi connectivity index (χ0n) is 12.9. The molecule has 6 heteroatoms. The number of aryl methyl sites for hydroxylation is 1. The summed E-state index contributed by atoms with van der Waals surface area (Å²) in [6.07, 6.45) is 2.46. The fraction of sp³-hybridized carbons (Fsp3) is 0.438. The van der Waals surface area contributed by atoms with Gasteiger partial charge in [0.1, 0.15) is 0 Å². The summed E-state index contributed by atoms with van der Waals surface area (Å²) in [4.78, 5) is 4.27. The van der Waals surface area contributed by atoms with Crippen LogP contribution in [0.25, 0.3) is 10.8 Å². The number of sulfonamides is 1. The fourth-order valence-corrected chi connectivity index (χ4v) is 4.76. The van der Waals surface area contributed by atoms with Crippen LogP contribution >= 0.6 is 0 Å². The summed E-state index contributed by atoms with van der Waals surface area (Å²) in [5.41, 5.74) is 0.986. The number of rotatable bonds is 2. The summed E-state index contributed by atoms with van der Waals surface area (Å²) in [5.74, 6) is 0. The van der Waals surface area contributed by atoms with Gasteiger partial charge in [-0.3, -0.25) is 0 Å². The first-order valence-corrected chi connectivity index (χ1v) is 9.03. The average Bonchev–Trinajstić information content (AvgIpc) is 2.72. The minimum atomic E-state index is -3.60. The Hall–Kier alpha value is -1.50. The quantitative estimate of drug-likeness (QED) is 0.918. The Labute approximate surface area is 131 Å². The third kappa shape index (κ3) is 2.62. The molecule has 2 heterocycles. The van der Waals surface area contributed by atoms with E-state index in [4.69, 9.17) is 0 Å². The Morgan fingerprint density at radius 1 is 1.27 bits per heavy atom. The van der Waals surface area contributed by atoms with Crippen LogP contribution in [0.3, 0.4) is 0 Å². The topological polar surface area (TPSA) is 62.3 Å². The molecule has 0 unspecified atom stereocenters. The van der Waals surface area contributed by atoms with E-state index in [0.717, 1.165) is 23.9 Å². The van der Waals surface area contributed by atoms with E-state index in [-0.39, 0.29) is 11.1 Å². The average molecular weight is 319 g/mol. The number of benzene rings is 1. The summed E-state index contributed by atoms with van der Waals surface area (Å²) in [7, 11) is -3.60. The molecule has 1 atom stereocenters. The van der Waals surface area contributed by atoms with Crippen LogP contribution < -0.4 is 5.32 Å². The van der Waals surface area contributed by atoms with Crippen molar-refractivity contribution in [1.82, 2.24) is 14.6 Å². The normalized spacial score (nSPS) is 20.9. The molecule has 1 aliphatic heterocycles. The molecule has 2 aromatic rings. The smallest absolute Gasteiger partial charge is 0.261 e. The SMILES string of the molecule is Cc1cnc(S(=O)(=O)N2CCCNC[C@@H]2C)c2ccccc12. The molecule has 0 bridgehead atoms. The van der Waals surface area contributed by atoms with Crippen LogP contribution in [0, 0.1) is 6.92 Å². The maximum absolute atomic E-state index is 13.1. The minimum Gasteiger partial charge on any atom is -0.315 e. The Balaban J connectivity index is 2.15. The lowest BCUT2D eigenvalue weighted by Gasteiger charge is -2.26. The van der Waals surface area contributed by atoms with E-state index in [1.807, 2.05) is 38.1 Å². The molecule has 0 spiro atoms. The second-order valence-corrected chi connectivity index (χ2v) is 7.62. The van der Waals surface area contributed by atoms with Gasteiger partial charge in [0.25, 0.3) is 10.0 Å². The highest BCUT2D eigenvalue weighted by atomic mass is 32.2. The van der Waals surface area contributed by atoms with Crippen LogP contribution in [0.15, 0.2) is 35.5 Å². The van der Waals surface area contributed by atoms with Gasteiger partial charge in [0.15, 0.2) is 5.03 Å². The molecule has 0 saturated carbocycles. The van der Waals surface area contributed by atoms with Crippen molar-refractivity contribution in [2.45, 2.75) is 31.3 Å². The van der Waals surface area contributed by atoms with Gasteiger partial charge in [-0.15, -0.1) is 0 Å². The van der Waals surface area contributed by atoms with Crippen molar-refractivity contribution >= 4 is 20.8 Å². The zero-order valence-corrected chi connectivity index (χ0v) is 13.7. The number of hydrogen-bond donors (Lipinski definition) is 1. The molecule has 0 radical (unpaired) electrons. The largest absolute Gasteiger partial charge is 0.315 e. The number of nitrogens with one attached hydrogen (secondary N) is 1. The number of pyridine rings is 1. The maximum Gasteiger partial charge on any atom is 0.261 e. The molecule has 1 aliphatic rings. The van der Waals surface area contributed by atoms with Crippen LogP contribution in [0.4, 0.5) is 0 Å². The summed E-state index contributed by atoms with van der Waals surface area (Å²) in [5, 5.41) is 5.08. The van der Waals surface area contributed by atoms with Crippen molar-refractivity contribution in [2.24, 2.45) is 0 Å². The molecule has 1 saturated heterocycles. The van der Waals surface area contributed by atoms with Crippen molar-refractivity contribution < 1.29 is 8.42 Å². The van der Waals surface area contributed by atoms with Crippen LogP contribution in [0.1, 0.15) is 18.9 Å².